The van der Waals surface area contributed by atoms with Crippen molar-refractivity contribution in [2.75, 3.05) is 25.0 Å². The van der Waals surface area contributed by atoms with Crippen LogP contribution in [0.25, 0.3) is 22.1 Å². The van der Waals surface area contributed by atoms with E-state index >= 15 is 0 Å². The quantitative estimate of drug-likeness (QED) is 0.469. The first-order valence-corrected chi connectivity index (χ1v) is 10.8. The van der Waals surface area contributed by atoms with Crippen molar-refractivity contribution in [2.24, 2.45) is 0 Å². The molecule has 0 spiro atoms. The Balaban J connectivity index is 1.73. The van der Waals surface area contributed by atoms with E-state index in [4.69, 9.17) is 0 Å². The highest BCUT2D eigenvalue weighted by Gasteiger charge is 2.19. The van der Waals surface area contributed by atoms with Gasteiger partial charge < -0.3 is 9.47 Å². The number of fused-ring (bicyclic) bond motifs is 2. The van der Waals surface area contributed by atoms with Gasteiger partial charge in [0.25, 0.3) is 5.91 Å². The number of carbonyl (C=O) groups is 1. The first-order valence-electron chi connectivity index (χ1n) is 10.8. The number of rotatable bonds is 7. The second-order valence-electron chi connectivity index (χ2n) is 7.77. The highest BCUT2D eigenvalue weighted by Crippen LogP contribution is 2.23. The Morgan fingerprint density at radius 2 is 1.75 bits per heavy atom. The van der Waals surface area contributed by atoms with Gasteiger partial charge in [-0.25, -0.2) is 19.3 Å². The number of amides is 1. The molecule has 2 aromatic carbocycles. The summed E-state index contributed by atoms with van der Waals surface area (Å²) in [6, 6.07) is 10.2. The van der Waals surface area contributed by atoms with Crippen molar-refractivity contribution in [2.45, 2.75) is 34.2 Å². The van der Waals surface area contributed by atoms with E-state index in [0.717, 1.165) is 30.7 Å². The van der Waals surface area contributed by atoms with Gasteiger partial charge in [0.1, 0.15) is 11.3 Å². The van der Waals surface area contributed by atoms with Crippen molar-refractivity contribution in [3.63, 3.8) is 0 Å². The normalized spacial score (nSPS) is 11.6. The first-order chi connectivity index (χ1) is 15.4. The van der Waals surface area contributed by atoms with Gasteiger partial charge >= 0.3 is 0 Å². The molecule has 2 aromatic heterocycles. The maximum absolute atomic E-state index is 14.3. The number of aromatic nitrogens is 4. The number of nitrogens with zero attached hydrogens (tertiary/aromatic N) is 5. The Bertz CT molecular complexity index is 1290. The summed E-state index contributed by atoms with van der Waals surface area (Å²) in [4.78, 5) is 29.1. The van der Waals surface area contributed by atoms with Crippen LogP contribution in [-0.4, -0.2) is 50.0 Å². The fourth-order valence-electron chi connectivity index (χ4n) is 3.82. The number of nitrogens with one attached hydrogen (secondary N) is 1. The van der Waals surface area contributed by atoms with E-state index in [1.165, 1.54) is 12.1 Å². The van der Waals surface area contributed by atoms with Crippen molar-refractivity contribution in [1.82, 2.24) is 24.4 Å². The summed E-state index contributed by atoms with van der Waals surface area (Å²) >= 11 is 0. The molecule has 1 amide bonds. The molecule has 0 radical (unpaired) electrons. The van der Waals surface area contributed by atoms with Gasteiger partial charge in [0.05, 0.1) is 33.5 Å². The molecule has 0 bridgehead atoms. The zero-order valence-corrected chi connectivity index (χ0v) is 18.8. The summed E-state index contributed by atoms with van der Waals surface area (Å²) in [5, 5.41) is 2.89. The number of hydrogen-bond donors (Lipinski definition) is 1. The average Bonchev–Trinajstić information content (AvgIpc) is 3.12. The van der Waals surface area contributed by atoms with Crippen LogP contribution in [-0.2, 0) is 6.54 Å². The van der Waals surface area contributed by atoms with Crippen LogP contribution in [0.5, 0.6) is 0 Å². The van der Waals surface area contributed by atoms with E-state index in [0.29, 0.717) is 34.9 Å². The number of para-hydroxylation sites is 2. The van der Waals surface area contributed by atoms with Gasteiger partial charge in [-0.2, -0.15) is 0 Å². The zero-order valence-electron chi connectivity index (χ0n) is 18.8. The number of likely N-dealkylation sites (N-methyl/N-ethyl adjacent to an activating group) is 1. The summed E-state index contributed by atoms with van der Waals surface area (Å²) in [7, 11) is 0. The lowest BCUT2D eigenvalue weighted by atomic mass is 10.1. The van der Waals surface area contributed by atoms with Gasteiger partial charge in [-0.1, -0.05) is 26.0 Å². The lowest BCUT2D eigenvalue weighted by molar-refractivity contribution is 0.102. The topological polar surface area (TPSA) is 75.9 Å². The minimum Gasteiger partial charge on any atom is -0.309 e. The third kappa shape index (κ3) is 4.18. The van der Waals surface area contributed by atoms with Gasteiger partial charge in [0.15, 0.2) is 0 Å². The molecule has 0 aliphatic carbocycles. The predicted octanol–water partition coefficient (Wildman–Crippen LogP) is 4.33. The van der Waals surface area contributed by atoms with Gasteiger partial charge in [-0.15, -0.1) is 0 Å². The molecule has 0 aliphatic rings. The van der Waals surface area contributed by atoms with Gasteiger partial charge in [-0.3, -0.25) is 10.1 Å². The largest absolute Gasteiger partial charge is 0.309 e. The Morgan fingerprint density at radius 1 is 1.03 bits per heavy atom. The van der Waals surface area contributed by atoms with E-state index in [9.17, 15) is 9.18 Å². The minimum absolute atomic E-state index is 0.137. The van der Waals surface area contributed by atoms with Crippen molar-refractivity contribution in [3.05, 3.63) is 59.2 Å². The molecule has 7 nitrogen and oxygen atoms in total. The van der Waals surface area contributed by atoms with Crippen LogP contribution >= 0.6 is 0 Å². The standard InChI is InChI=1S/C24H27FN6O/c1-5-30(6-2)11-12-31-21-10-8-7-9-19(21)28-24(31)29-23(32)18-13-17(25)14-20-22(18)27-16(4)15(3)26-20/h7-10,13-14H,5-6,11-12H2,1-4H3,(H,28,29,32). The number of carbonyl (C=O) groups excluding carboxylic acids is 1. The molecule has 166 valence electrons. The molecule has 8 heteroatoms. The number of imidazole rings is 1. The maximum atomic E-state index is 14.3. The van der Waals surface area contributed by atoms with E-state index in [-0.39, 0.29) is 5.56 Å². The molecule has 0 unspecified atom stereocenters. The summed E-state index contributed by atoms with van der Waals surface area (Å²) in [5.41, 5.74) is 3.99. The fraction of sp³-hybridized carbons (Fsp3) is 0.333. The van der Waals surface area contributed by atoms with E-state index in [1.54, 1.807) is 0 Å². The first kappa shape index (κ1) is 21.8. The van der Waals surface area contributed by atoms with Crippen molar-refractivity contribution in [1.29, 1.82) is 0 Å². The summed E-state index contributed by atoms with van der Waals surface area (Å²) in [5.74, 6) is -0.570. The van der Waals surface area contributed by atoms with Gasteiger partial charge in [0.2, 0.25) is 5.95 Å². The third-order valence-electron chi connectivity index (χ3n) is 5.80. The minimum atomic E-state index is -0.532. The van der Waals surface area contributed by atoms with Crippen LogP contribution in [0.2, 0.25) is 0 Å². The van der Waals surface area contributed by atoms with Gasteiger partial charge in [0, 0.05) is 19.2 Å². The lowest BCUT2D eigenvalue weighted by Crippen LogP contribution is -2.27. The van der Waals surface area contributed by atoms with Crippen LogP contribution in [0.1, 0.15) is 35.6 Å². The number of halogens is 1. The molecule has 0 atom stereocenters. The van der Waals surface area contributed by atoms with Crippen LogP contribution in [0.4, 0.5) is 10.3 Å². The predicted molar refractivity (Wildman–Crippen MR) is 124 cm³/mol. The molecule has 0 saturated carbocycles. The number of aryl methyl sites for hydroxylation is 2. The Morgan fingerprint density at radius 3 is 2.50 bits per heavy atom. The Kier molecular flexibility index (Phi) is 6.14. The van der Waals surface area contributed by atoms with Crippen LogP contribution in [0.3, 0.4) is 0 Å². The second kappa shape index (κ2) is 9.00. The fourth-order valence-corrected chi connectivity index (χ4v) is 3.82. The Labute approximate surface area is 186 Å². The molecule has 2 heterocycles. The lowest BCUT2D eigenvalue weighted by Gasteiger charge is -2.19. The molecule has 4 aromatic rings. The number of benzene rings is 2. The molecule has 0 fully saturated rings. The summed E-state index contributed by atoms with van der Waals surface area (Å²) in [6.07, 6.45) is 0. The molecular weight excluding hydrogens is 407 g/mol. The molecule has 32 heavy (non-hydrogen) atoms. The van der Waals surface area contributed by atoms with E-state index < -0.39 is 11.7 Å². The molecule has 0 saturated heterocycles. The van der Waals surface area contributed by atoms with Crippen LogP contribution in [0.15, 0.2) is 36.4 Å². The smallest absolute Gasteiger partial charge is 0.260 e. The molecule has 0 aliphatic heterocycles. The highest BCUT2D eigenvalue weighted by molar-refractivity contribution is 6.11. The Hall–Kier alpha value is -3.39. The maximum Gasteiger partial charge on any atom is 0.260 e. The number of hydrogen-bond acceptors (Lipinski definition) is 5. The monoisotopic (exact) mass is 434 g/mol. The summed E-state index contributed by atoms with van der Waals surface area (Å²) < 4.78 is 16.3. The molecule has 1 N–H and O–H groups in total. The number of anilines is 1. The third-order valence-corrected chi connectivity index (χ3v) is 5.80. The SMILES string of the molecule is CCN(CC)CCn1c(NC(=O)c2cc(F)cc3nc(C)c(C)nc23)nc2ccccc21. The van der Waals surface area contributed by atoms with Crippen molar-refractivity contribution >= 4 is 33.9 Å². The second-order valence-corrected chi connectivity index (χ2v) is 7.77. The zero-order chi connectivity index (χ0) is 22.8. The van der Waals surface area contributed by atoms with E-state index in [1.807, 2.05) is 42.7 Å². The summed E-state index contributed by atoms with van der Waals surface area (Å²) in [6.45, 7) is 11.2. The van der Waals surface area contributed by atoms with Gasteiger partial charge in [-0.05, 0) is 45.1 Å². The molecular formula is C24H27FN6O. The van der Waals surface area contributed by atoms with Crippen LogP contribution < -0.4 is 5.32 Å². The van der Waals surface area contributed by atoms with Crippen molar-refractivity contribution in [3.8, 4) is 0 Å². The highest BCUT2D eigenvalue weighted by atomic mass is 19.1. The van der Waals surface area contributed by atoms with Crippen molar-refractivity contribution < 1.29 is 9.18 Å². The van der Waals surface area contributed by atoms with Crippen LogP contribution in [0, 0.1) is 19.7 Å². The average molecular weight is 435 g/mol. The molecule has 4 rings (SSSR count). The van der Waals surface area contributed by atoms with E-state index in [2.05, 4.69) is 39.0 Å².